The molecule has 2 N–H and O–H groups in total. The van der Waals surface area contributed by atoms with Crippen LogP contribution >= 0.6 is 27.7 Å². The van der Waals surface area contributed by atoms with Crippen molar-refractivity contribution in [2.24, 2.45) is 12.8 Å². The van der Waals surface area contributed by atoms with Crippen LogP contribution in [0.4, 0.5) is 0 Å². The Labute approximate surface area is 126 Å². The van der Waals surface area contributed by atoms with Crippen LogP contribution in [0.1, 0.15) is 12.1 Å². The van der Waals surface area contributed by atoms with E-state index >= 15 is 0 Å². The molecule has 1 heterocycles. The van der Waals surface area contributed by atoms with E-state index in [1.807, 2.05) is 36.1 Å². The molecule has 102 valence electrons. The molecular weight excluding hydrogens is 322 g/mol. The van der Waals surface area contributed by atoms with E-state index < -0.39 is 0 Å². The van der Waals surface area contributed by atoms with Gasteiger partial charge in [0.15, 0.2) is 0 Å². The molecule has 1 aromatic carbocycles. The number of aromatic nitrogens is 2. The molecule has 19 heavy (non-hydrogen) atoms. The first-order valence-corrected chi connectivity index (χ1v) is 8.04. The molecule has 0 spiro atoms. The smallest absolute Gasteiger partial charge is 0.0492 e. The SMILES string of the molecule is Cn1nccc1CCC(N)CSc1cccc(Br)c1. The Morgan fingerprint density at radius 1 is 1.42 bits per heavy atom. The molecule has 0 saturated carbocycles. The van der Waals surface area contributed by atoms with Gasteiger partial charge in [-0.25, -0.2) is 0 Å². The molecule has 0 aliphatic carbocycles. The van der Waals surface area contributed by atoms with Crippen molar-refractivity contribution >= 4 is 27.7 Å². The molecule has 0 saturated heterocycles. The van der Waals surface area contributed by atoms with E-state index in [1.165, 1.54) is 10.6 Å². The number of hydrogen-bond acceptors (Lipinski definition) is 3. The van der Waals surface area contributed by atoms with Gasteiger partial charge >= 0.3 is 0 Å². The summed E-state index contributed by atoms with van der Waals surface area (Å²) in [5.41, 5.74) is 7.40. The Kier molecular flexibility index (Phi) is 5.48. The second-order valence-electron chi connectivity index (χ2n) is 4.51. The maximum atomic E-state index is 6.16. The van der Waals surface area contributed by atoms with Crippen LogP contribution in [0.15, 0.2) is 45.9 Å². The molecule has 1 aromatic heterocycles. The van der Waals surface area contributed by atoms with Gasteiger partial charge in [-0.3, -0.25) is 4.68 Å². The summed E-state index contributed by atoms with van der Waals surface area (Å²) in [6.45, 7) is 0. The minimum Gasteiger partial charge on any atom is -0.327 e. The normalized spacial score (nSPS) is 12.6. The van der Waals surface area contributed by atoms with Crippen molar-refractivity contribution in [2.45, 2.75) is 23.8 Å². The van der Waals surface area contributed by atoms with Crippen LogP contribution in [0.2, 0.25) is 0 Å². The fourth-order valence-corrected chi connectivity index (χ4v) is 3.33. The number of nitrogens with zero attached hydrogens (tertiary/aromatic N) is 2. The monoisotopic (exact) mass is 339 g/mol. The van der Waals surface area contributed by atoms with E-state index in [0.717, 1.165) is 23.1 Å². The molecule has 0 radical (unpaired) electrons. The van der Waals surface area contributed by atoms with Crippen LogP contribution in [0, 0.1) is 0 Å². The highest BCUT2D eigenvalue weighted by atomic mass is 79.9. The summed E-state index contributed by atoms with van der Waals surface area (Å²) < 4.78 is 3.02. The van der Waals surface area contributed by atoms with E-state index in [2.05, 4.69) is 33.2 Å². The molecule has 0 aliphatic rings. The molecule has 0 bridgehead atoms. The summed E-state index contributed by atoms with van der Waals surface area (Å²) in [5, 5.41) is 4.16. The molecule has 1 atom stereocenters. The summed E-state index contributed by atoms with van der Waals surface area (Å²) in [7, 11) is 1.97. The van der Waals surface area contributed by atoms with Gasteiger partial charge in [-0.15, -0.1) is 11.8 Å². The second-order valence-corrected chi connectivity index (χ2v) is 6.52. The lowest BCUT2D eigenvalue weighted by molar-refractivity contribution is 0.629. The molecule has 3 nitrogen and oxygen atoms in total. The highest BCUT2D eigenvalue weighted by Crippen LogP contribution is 2.22. The van der Waals surface area contributed by atoms with Crippen LogP contribution in [0.3, 0.4) is 0 Å². The number of hydrogen-bond donors (Lipinski definition) is 1. The minimum atomic E-state index is 0.207. The second kappa shape index (κ2) is 7.12. The van der Waals surface area contributed by atoms with Gasteiger partial charge in [0.1, 0.15) is 0 Å². The van der Waals surface area contributed by atoms with E-state index in [4.69, 9.17) is 5.73 Å². The third kappa shape index (κ3) is 4.67. The summed E-state index contributed by atoms with van der Waals surface area (Å²) in [6, 6.07) is 10.6. The lowest BCUT2D eigenvalue weighted by Gasteiger charge is -2.11. The maximum Gasteiger partial charge on any atom is 0.0492 e. The number of thioether (sulfide) groups is 1. The minimum absolute atomic E-state index is 0.207. The first-order chi connectivity index (χ1) is 9.15. The third-order valence-electron chi connectivity index (χ3n) is 2.95. The van der Waals surface area contributed by atoms with Gasteiger partial charge in [-0.05, 0) is 37.1 Å². The average molecular weight is 340 g/mol. The van der Waals surface area contributed by atoms with Gasteiger partial charge in [-0.1, -0.05) is 22.0 Å². The first kappa shape index (κ1) is 14.6. The van der Waals surface area contributed by atoms with Crippen molar-refractivity contribution < 1.29 is 0 Å². The molecule has 0 aliphatic heterocycles. The predicted molar refractivity (Wildman–Crippen MR) is 84.4 cm³/mol. The zero-order valence-corrected chi connectivity index (χ0v) is 13.3. The van der Waals surface area contributed by atoms with Crippen LogP contribution in [-0.4, -0.2) is 21.6 Å². The molecule has 2 aromatic rings. The van der Waals surface area contributed by atoms with Crippen molar-refractivity contribution in [3.8, 4) is 0 Å². The molecule has 2 rings (SSSR count). The standard InChI is InChI=1S/C14H18BrN3S/c1-18-13(7-8-17-18)6-5-12(16)10-19-14-4-2-3-11(15)9-14/h2-4,7-9,12H,5-6,10,16H2,1H3. The van der Waals surface area contributed by atoms with E-state index in [0.29, 0.717) is 0 Å². The van der Waals surface area contributed by atoms with Crippen molar-refractivity contribution in [1.29, 1.82) is 0 Å². The summed E-state index contributed by atoms with van der Waals surface area (Å²) in [4.78, 5) is 1.25. The maximum absolute atomic E-state index is 6.16. The largest absolute Gasteiger partial charge is 0.327 e. The van der Waals surface area contributed by atoms with Crippen molar-refractivity contribution in [3.05, 3.63) is 46.7 Å². The Bertz CT molecular complexity index is 527. The average Bonchev–Trinajstić information content (AvgIpc) is 2.80. The third-order valence-corrected chi connectivity index (χ3v) is 4.63. The van der Waals surface area contributed by atoms with Gasteiger partial charge in [-0.2, -0.15) is 5.10 Å². The number of halogens is 1. The van der Waals surface area contributed by atoms with Crippen LogP contribution in [-0.2, 0) is 13.5 Å². The zero-order valence-electron chi connectivity index (χ0n) is 10.9. The quantitative estimate of drug-likeness (QED) is 0.821. The highest BCUT2D eigenvalue weighted by Gasteiger charge is 2.06. The summed E-state index contributed by atoms with van der Waals surface area (Å²) in [6.07, 6.45) is 3.80. The first-order valence-electron chi connectivity index (χ1n) is 6.26. The number of rotatable bonds is 6. The van der Waals surface area contributed by atoms with E-state index in [-0.39, 0.29) is 6.04 Å². The van der Waals surface area contributed by atoms with Crippen LogP contribution in [0.25, 0.3) is 0 Å². The molecule has 5 heteroatoms. The van der Waals surface area contributed by atoms with Crippen molar-refractivity contribution in [1.82, 2.24) is 9.78 Å². The van der Waals surface area contributed by atoms with E-state index in [1.54, 1.807) is 11.8 Å². The number of aryl methyl sites for hydroxylation is 2. The Morgan fingerprint density at radius 2 is 2.26 bits per heavy atom. The zero-order chi connectivity index (χ0) is 13.7. The summed E-state index contributed by atoms with van der Waals surface area (Å²) >= 11 is 5.29. The van der Waals surface area contributed by atoms with Gasteiger partial charge in [0.2, 0.25) is 0 Å². The van der Waals surface area contributed by atoms with Crippen molar-refractivity contribution in [2.75, 3.05) is 5.75 Å². The fourth-order valence-electron chi connectivity index (χ4n) is 1.82. The lowest BCUT2D eigenvalue weighted by Crippen LogP contribution is -2.23. The molecular formula is C14H18BrN3S. The Balaban J connectivity index is 1.76. The highest BCUT2D eigenvalue weighted by molar-refractivity contribution is 9.10. The topological polar surface area (TPSA) is 43.8 Å². The number of nitrogens with two attached hydrogens (primary N) is 1. The Hall–Kier alpha value is -0.780. The fraction of sp³-hybridized carbons (Fsp3) is 0.357. The van der Waals surface area contributed by atoms with Gasteiger partial charge in [0.25, 0.3) is 0 Å². The van der Waals surface area contributed by atoms with Crippen LogP contribution in [0.5, 0.6) is 0 Å². The molecule has 0 amide bonds. The van der Waals surface area contributed by atoms with E-state index in [9.17, 15) is 0 Å². The lowest BCUT2D eigenvalue weighted by atomic mass is 10.1. The van der Waals surface area contributed by atoms with Gasteiger partial charge in [0.05, 0.1) is 0 Å². The van der Waals surface area contributed by atoms with Crippen molar-refractivity contribution in [3.63, 3.8) is 0 Å². The van der Waals surface area contributed by atoms with Crippen LogP contribution < -0.4 is 5.73 Å². The molecule has 1 unspecified atom stereocenters. The van der Waals surface area contributed by atoms with Gasteiger partial charge < -0.3 is 5.73 Å². The predicted octanol–water partition coefficient (Wildman–Crippen LogP) is 3.23. The molecule has 0 fully saturated rings. The summed E-state index contributed by atoms with van der Waals surface area (Å²) in [5.74, 6) is 0.939. The Morgan fingerprint density at radius 3 is 2.95 bits per heavy atom. The number of benzene rings is 1. The van der Waals surface area contributed by atoms with Gasteiger partial charge in [0, 0.05) is 40.1 Å².